The lowest BCUT2D eigenvalue weighted by Gasteiger charge is -2.23. The van der Waals surface area contributed by atoms with Crippen LogP contribution in [-0.2, 0) is 6.54 Å². The maximum Gasteiger partial charge on any atom is 0.270 e. The summed E-state index contributed by atoms with van der Waals surface area (Å²) in [6.45, 7) is 1.59. The van der Waals surface area contributed by atoms with Crippen LogP contribution in [0.4, 0.5) is 5.69 Å². The van der Waals surface area contributed by atoms with Gasteiger partial charge in [-0.05, 0) is 25.5 Å². The van der Waals surface area contributed by atoms with Crippen LogP contribution in [0.5, 0.6) is 5.75 Å². The van der Waals surface area contributed by atoms with Crippen molar-refractivity contribution in [2.24, 2.45) is 0 Å². The van der Waals surface area contributed by atoms with Crippen molar-refractivity contribution in [3.05, 3.63) is 33.9 Å². The third-order valence-corrected chi connectivity index (χ3v) is 3.56. The molecule has 1 aliphatic heterocycles. The van der Waals surface area contributed by atoms with Gasteiger partial charge < -0.3 is 9.84 Å². The highest BCUT2D eigenvalue weighted by Crippen LogP contribution is 2.28. The molecule has 6 heteroatoms. The number of ether oxygens (including phenoxy) is 1. The summed E-state index contributed by atoms with van der Waals surface area (Å²) in [5, 5.41) is 20.1. The van der Waals surface area contributed by atoms with E-state index in [4.69, 9.17) is 4.74 Å². The highest BCUT2D eigenvalue weighted by Gasteiger charge is 2.25. The summed E-state index contributed by atoms with van der Waals surface area (Å²) in [6.07, 6.45) is 2.01. The van der Waals surface area contributed by atoms with Crippen LogP contribution in [0.25, 0.3) is 0 Å². The Bertz CT molecular complexity index is 464. The molecule has 1 saturated heterocycles. The standard InChI is InChI=1S/C13H18N2O4/c1-19-13-5-4-11(15(17)18)7-10(13)8-14-6-2-3-12(14)9-16/h4-5,7,12,16H,2-3,6,8-9H2,1H3. The zero-order valence-corrected chi connectivity index (χ0v) is 10.9. The first kappa shape index (κ1) is 13.8. The Kier molecular flexibility index (Phi) is 4.34. The second-order valence-electron chi connectivity index (χ2n) is 4.70. The van der Waals surface area contributed by atoms with Gasteiger partial charge in [-0.3, -0.25) is 15.0 Å². The van der Waals surface area contributed by atoms with Gasteiger partial charge in [0.15, 0.2) is 0 Å². The fraction of sp³-hybridized carbons (Fsp3) is 0.538. The molecule has 1 aromatic carbocycles. The van der Waals surface area contributed by atoms with E-state index < -0.39 is 4.92 Å². The highest BCUT2D eigenvalue weighted by molar-refractivity contribution is 5.43. The molecule has 6 nitrogen and oxygen atoms in total. The molecule has 19 heavy (non-hydrogen) atoms. The van der Waals surface area contributed by atoms with E-state index in [-0.39, 0.29) is 18.3 Å². The van der Waals surface area contributed by atoms with Gasteiger partial charge in [0.05, 0.1) is 18.6 Å². The molecule has 1 heterocycles. The summed E-state index contributed by atoms with van der Waals surface area (Å²) in [4.78, 5) is 12.6. The smallest absolute Gasteiger partial charge is 0.270 e. The summed E-state index contributed by atoms with van der Waals surface area (Å²) in [6, 6.07) is 4.75. The summed E-state index contributed by atoms with van der Waals surface area (Å²) < 4.78 is 5.25. The Morgan fingerprint density at radius 1 is 1.58 bits per heavy atom. The molecule has 104 valence electrons. The maximum atomic E-state index is 10.8. The van der Waals surface area contributed by atoms with Gasteiger partial charge in [0.1, 0.15) is 5.75 Å². The lowest BCUT2D eigenvalue weighted by molar-refractivity contribution is -0.385. The Morgan fingerprint density at radius 3 is 3.00 bits per heavy atom. The van der Waals surface area contributed by atoms with Crippen LogP contribution < -0.4 is 4.74 Å². The molecule has 2 rings (SSSR count). The van der Waals surface area contributed by atoms with Crippen LogP contribution >= 0.6 is 0 Å². The molecule has 1 aliphatic rings. The number of nitro benzene ring substituents is 1. The summed E-state index contributed by atoms with van der Waals surface area (Å²) >= 11 is 0. The highest BCUT2D eigenvalue weighted by atomic mass is 16.6. The molecule has 0 aliphatic carbocycles. The Hall–Kier alpha value is -1.66. The number of nitro groups is 1. The zero-order valence-electron chi connectivity index (χ0n) is 10.9. The number of nitrogens with zero attached hydrogens (tertiary/aromatic N) is 2. The van der Waals surface area contributed by atoms with Gasteiger partial charge >= 0.3 is 0 Å². The minimum Gasteiger partial charge on any atom is -0.496 e. The fourth-order valence-electron chi connectivity index (χ4n) is 2.53. The Morgan fingerprint density at radius 2 is 2.37 bits per heavy atom. The summed E-state index contributed by atoms with van der Waals surface area (Å²) in [7, 11) is 1.55. The van der Waals surface area contributed by atoms with Crippen LogP contribution in [0, 0.1) is 10.1 Å². The van der Waals surface area contributed by atoms with Crippen molar-refractivity contribution in [1.82, 2.24) is 4.90 Å². The number of rotatable bonds is 5. The second kappa shape index (κ2) is 5.99. The van der Waals surface area contributed by atoms with Gasteiger partial charge in [-0.15, -0.1) is 0 Å². The van der Waals surface area contributed by atoms with Gasteiger partial charge in [0.25, 0.3) is 5.69 Å². The number of non-ortho nitro benzene ring substituents is 1. The fourth-order valence-corrected chi connectivity index (χ4v) is 2.53. The Labute approximate surface area is 111 Å². The molecule has 1 aromatic rings. The van der Waals surface area contributed by atoms with Crippen molar-refractivity contribution in [3.63, 3.8) is 0 Å². The molecule has 0 aromatic heterocycles. The summed E-state index contributed by atoms with van der Waals surface area (Å²) in [5.41, 5.74) is 0.854. The zero-order chi connectivity index (χ0) is 13.8. The van der Waals surface area contributed by atoms with Gasteiger partial charge in [-0.2, -0.15) is 0 Å². The number of hydrogen-bond acceptors (Lipinski definition) is 5. The van der Waals surface area contributed by atoms with Crippen LogP contribution in [0.2, 0.25) is 0 Å². The molecular weight excluding hydrogens is 248 g/mol. The largest absolute Gasteiger partial charge is 0.496 e. The van der Waals surface area contributed by atoms with Crippen molar-refractivity contribution < 1.29 is 14.8 Å². The number of benzene rings is 1. The quantitative estimate of drug-likeness (QED) is 0.646. The van der Waals surface area contributed by atoms with E-state index in [1.165, 1.54) is 6.07 Å². The monoisotopic (exact) mass is 266 g/mol. The molecule has 0 radical (unpaired) electrons. The number of hydrogen-bond donors (Lipinski definition) is 1. The molecule has 0 amide bonds. The predicted molar refractivity (Wildman–Crippen MR) is 70.2 cm³/mol. The van der Waals surface area contributed by atoms with E-state index in [1.54, 1.807) is 19.2 Å². The van der Waals surface area contributed by atoms with Crippen LogP contribution in [0.15, 0.2) is 18.2 Å². The maximum absolute atomic E-state index is 10.8. The minimum atomic E-state index is -0.406. The van der Waals surface area contributed by atoms with E-state index in [9.17, 15) is 15.2 Å². The van der Waals surface area contributed by atoms with Crippen molar-refractivity contribution in [2.45, 2.75) is 25.4 Å². The molecule has 0 bridgehead atoms. The first-order valence-corrected chi connectivity index (χ1v) is 6.32. The average molecular weight is 266 g/mol. The molecule has 1 N–H and O–H groups in total. The molecule has 0 spiro atoms. The first-order chi connectivity index (χ1) is 9.15. The first-order valence-electron chi connectivity index (χ1n) is 6.32. The van der Waals surface area contributed by atoms with E-state index in [2.05, 4.69) is 4.90 Å². The Balaban J connectivity index is 2.22. The van der Waals surface area contributed by atoms with Gasteiger partial charge in [0.2, 0.25) is 0 Å². The lowest BCUT2D eigenvalue weighted by atomic mass is 10.1. The van der Waals surface area contributed by atoms with E-state index in [0.29, 0.717) is 12.3 Å². The number of aliphatic hydroxyl groups is 1. The van der Waals surface area contributed by atoms with Gasteiger partial charge in [0, 0.05) is 30.3 Å². The molecular formula is C13H18N2O4. The topological polar surface area (TPSA) is 75.8 Å². The van der Waals surface area contributed by atoms with Crippen LogP contribution in [0.3, 0.4) is 0 Å². The third kappa shape index (κ3) is 3.02. The molecule has 1 unspecified atom stereocenters. The third-order valence-electron chi connectivity index (χ3n) is 3.56. The molecule has 0 saturated carbocycles. The predicted octanol–water partition coefficient (Wildman–Crippen LogP) is 1.56. The van der Waals surface area contributed by atoms with Gasteiger partial charge in [-0.1, -0.05) is 0 Å². The number of methoxy groups -OCH3 is 1. The van der Waals surface area contributed by atoms with Crippen LogP contribution in [-0.4, -0.2) is 41.2 Å². The van der Waals surface area contributed by atoms with Crippen molar-refractivity contribution in [2.75, 3.05) is 20.3 Å². The van der Waals surface area contributed by atoms with Crippen molar-refractivity contribution >= 4 is 5.69 Å². The lowest BCUT2D eigenvalue weighted by Crippen LogP contribution is -2.31. The second-order valence-corrected chi connectivity index (χ2v) is 4.70. The molecule has 1 atom stereocenters. The average Bonchev–Trinajstić information content (AvgIpc) is 2.85. The van der Waals surface area contributed by atoms with E-state index >= 15 is 0 Å². The SMILES string of the molecule is COc1ccc([N+](=O)[O-])cc1CN1CCCC1CO. The minimum absolute atomic E-state index is 0.0653. The number of aliphatic hydroxyl groups excluding tert-OH is 1. The normalized spacial score (nSPS) is 19.6. The molecule has 1 fully saturated rings. The van der Waals surface area contributed by atoms with Crippen LogP contribution in [0.1, 0.15) is 18.4 Å². The van der Waals surface area contributed by atoms with E-state index in [1.807, 2.05) is 0 Å². The van der Waals surface area contributed by atoms with Crippen molar-refractivity contribution in [3.8, 4) is 5.75 Å². The van der Waals surface area contributed by atoms with Crippen molar-refractivity contribution in [1.29, 1.82) is 0 Å². The van der Waals surface area contributed by atoms with E-state index in [0.717, 1.165) is 24.9 Å². The van der Waals surface area contributed by atoms with Gasteiger partial charge in [-0.25, -0.2) is 0 Å². The summed E-state index contributed by atoms with van der Waals surface area (Å²) in [5.74, 6) is 0.647. The number of likely N-dealkylation sites (tertiary alicyclic amines) is 1.